The lowest BCUT2D eigenvalue weighted by atomic mass is 10.0. The van der Waals surface area contributed by atoms with Gasteiger partial charge in [-0.1, -0.05) is 43.3 Å². The highest BCUT2D eigenvalue weighted by atomic mass is 16.5. The van der Waals surface area contributed by atoms with E-state index in [0.29, 0.717) is 23.2 Å². The quantitative estimate of drug-likeness (QED) is 0.758. The molecule has 1 N–H and O–H groups in total. The number of hydrogen-bond donors (Lipinski definition) is 1. The van der Waals surface area contributed by atoms with Gasteiger partial charge < -0.3 is 9.63 Å². The van der Waals surface area contributed by atoms with Crippen molar-refractivity contribution in [2.24, 2.45) is 5.92 Å². The van der Waals surface area contributed by atoms with Crippen LogP contribution in [0.2, 0.25) is 0 Å². The first-order valence-electron chi connectivity index (χ1n) is 7.79. The van der Waals surface area contributed by atoms with Gasteiger partial charge in [0.05, 0.1) is 5.56 Å². The van der Waals surface area contributed by atoms with E-state index in [9.17, 15) is 4.79 Å². The van der Waals surface area contributed by atoms with Crippen LogP contribution in [0.3, 0.4) is 0 Å². The van der Waals surface area contributed by atoms with Crippen LogP contribution in [0.25, 0.3) is 22.8 Å². The van der Waals surface area contributed by atoms with Crippen molar-refractivity contribution in [1.29, 1.82) is 0 Å². The third-order valence-electron chi connectivity index (χ3n) is 3.64. The maximum Gasteiger partial charge on any atom is 0.335 e. The highest BCUT2D eigenvalue weighted by Crippen LogP contribution is 2.23. The summed E-state index contributed by atoms with van der Waals surface area (Å²) < 4.78 is 5.32. The summed E-state index contributed by atoms with van der Waals surface area (Å²) in [5.74, 6) is 0.412. The summed E-state index contributed by atoms with van der Waals surface area (Å²) in [6.07, 6.45) is 1.03. The first-order chi connectivity index (χ1) is 11.5. The molecule has 5 heteroatoms. The van der Waals surface area contributed by atoms with Crippen LogP contribution in [-0.2, 0) is 6.42 Å². The van der Waals surface area contributed by atoms with E-state index in [0.717, 1.165) is 12.0 Å². The van der Waals surface area contributed by atoms with E-state index in [2.05, 4.69) is 36.1 Å². The van der Waals surface area contributed by atoms with Gasteiger partial charge in [0.15, 0.2) is 0 Å². The molecule has 3 rings (SSSR count). The van der Waals surface area contributed by atoms with Gasteiger partial charge in [-0.25, -0.2) is 4.79 Å². The average Bonchev–Trinajstić information content (AvgIpc) is 3.05. The summed E-state index contributed by atoms with van der Waals surface area (Å²) in [6, 6.07) is 14.5. The number of carboxylic acids is 1. The zero-order chi connectivity index (χ0) is 17.1. The number of benzene rings is 2. The van der Waals surface area contributed by atoms with Crippen LogP contribution >= 0.6 is 0 Å². The van der Waals surface area contributed by atoms with Crippen LogP contribution in [0.1, 0.15) is 29.8 Å². The molecule has 1 aromatic heterocycles. The Bertz CT molecular complexity index is 851. The van der Waals surface area contributed by atoms with Gasteiger partial charge in [0.25, 0.3) is 5.89 Å². The standard InChI is InChI=1S/C19H18N2O3/c1-12(2)10-13-6-8-14(9-7-13)18-20-17(21-24-18)15-4-3-5-16(11-15)19(22)23/h3-9,11-12H,10H2,1-2H3,(H,22,23). The zero-order valence-corrected chi connectivity index (χ0v) is 13.6. The van der Waals surface area contributed by atoms with Gasteiger partial charge in [0, 0.05) is 11.1 Å². The van der Waals surface area contributed by atoms with Crippen molar-refractivity contribution in [3.05, 3.63) is 59.7 Å². The summed E-state index contributed by atoms with van der Waals surface area (Å²) >= 11 is 0. The fraction of sp³-hybridized carbons (Fsp3) is 0.211. The Labute approximate surface area is 140 Å². The number of aromatic nitrogens is 2. The summed E-state index contributed by atoms with van der Waals surface area (Å²) in [7, 11) is 0. The molecule has 0 aliphatic carbocycles. The Morgan fingerprint density at radius 2 is 1.88 bits per heavy atom. The van der Waals surface area contributed by atoms with Crippen molar-refractivity contribution in [3.63, 3.8) is 0 Å². The minimum absolute atomic E-state index is 0.192. The molecule has 122 valence electrons. The van der Waals surface area contributed by atoms with Gasteiger partial charge in [-0.05, 0) is 42.2 Å². The lowest BCUT2D eigenvalue weighted by Gasteiger charge is -2.04. The monoisotopic (exact) mass is 322 g/mol. The molecule has 1 heterocycles. The minimum atomic E-state index is -0.985. The van der Waals surface area contributed by atoms with Crippen LogP contribution in [0.15, 0.2) is 53.1 Å². The van der Waals surface area contributed by atoms with Crippen LogP contribution in [-0.4, -0.2) is 21.2 Å². The second-order valence-electron chi connectivity index (χ2n) is 6.10. The molecule has 0 radical (unpaired) electrons. The molecule has 0 aliphatic rings. The van der Waals surface area contributed by atoms with E-state index >= 15 is 0 Å². The Hall–Kier alpha value is -2.95. The molecular formula is C19H18N2O3. The molecule has 0 unspecified atom stereocenters. The van der Waals surface area contributed by atoms with Crippen LogP contribution in [0, 0.1) is 5.92 Å². The van der Waals surface area contributed by atoms with Crippen LogP contribution in [0.5, 0.6) is 0 Å². The topological polar surface area (TPSA) is 76.2 Å². The van der Waals surface area contributed by atoms with Crippen molar-refractivity contribution in [1.82, 2.24) is 10.1 Å². The van der Waals surface area contributed by atoms with Gasteiger partial charge in [-0.15, -0.1) is 0 Å². The van der Waals surface area contributed by atoms with E-state index in [1.54, 1.807) is 12.1 Å². The Balaban J connectivity index is 1.85. The molecule has 0 saturated heterocycles. The lowest BCUT2D eigenvalue weighted by molar-refractivity contribution is 0.0697. The maximum atomic E-state index is 11.1. The fourth-order valence-corrected chi connectivity index (χ4v) is 2.50. The predicted octanol–water partition coefficient (Wildman–Crippen LogP) is 4.30. The maximum absolute atomic E-state index is 11.1. The molecule has 0 spiro atoms. The number of hydrogen-bond acceptors (Lipinski definition) is 4. The molecule has 0 fully saturated rings. The van der Waals surface area contributed by atoms with E-state index in [-0.39, 0.29) is 5.56 Å². The molecule has 0 aliphatic heterocycles. The number of aromatic carboxylic acids is 1. The van der Waals surface area contributed by atoms with Crippen LogP contribution < -0.4 is 0 Å². The van der Waals surface area contributed by atoms with Gasteiger partial charge in [0.2, 0.25) is 5.82 Å². The van der Waals surface area contributed by atoms with Crippen molar-refractivity contribution in [3.8, 4) is 22.8 Å². The second-order valence-corrected chi connectivity index (χ2v) is 6.10. The second kappa shape index (κ2) is 6.66. The molecule has 5 nitrogen and oxygen atoms in total. The number of rotatable bonds is 5. The molecule has 0 saturated carbocycles. The van der Waals surface area contributed by atoms with Crippen molar-refractivity contribution in [2.75, 3.05) is 0 Å². The molecule has 0 bridgehead atoms. The number of nitrogens with zero attached hydrogens (tertiary/aromatic N) is 2. The predicted molar refractivity (Wildman–Crippen MR) is 90.7 cm³/mol. The van der Waals surface area contributed by atoms with Gasteiger partial charge in [0.1, 0.15) is 0 Å². The number of carboxylic acid groups (broad SMARTS) is 1. The van der Waals surface area contributed by atoms with Crippen molar-refractivity contribution >= 4 is 5.97 Å². The molecule has 2 aromatic carbocycles. The summed E-state index contributed by atoms with van der Waals surface area (Å²) in [4.78, 5) is 15.4. The van der Waals surface area contributed by atoms with E-state index in [4.69, 9.17) is 9.63 Å². The van der Waals surface area contributed by atoms with E-state index < -0.39 is 5.97 Å². The lowest BCUT2D eigenvalue weighted by Crippen LogP contribution is -1.96. The van der Waals surface area contributed by atoms with Gasteiger partial charge in [-0.3, -0.25) is 0 Å². The number of carbonyl (C=O) groups is 1. The Morgan fingerprint density at radius 3 is 2.54 bits per heavy atom. The van der Waals surface area contributed by atoms with Crippen molar-refractivity contribution < 1.29 is 14.4 Å². The highest BCUT2D eigenvalue weighted by Gasteiger charge is 2.12. The SMILES string of the molecule is CC(C)Cc1ccc(-c2nc(-c3cccc(C(=O)O)c3)no2)cc1. The first-order valence-corrected chi connectivity index (χ1v) is 7.79. The Morgan fingerprint density at radius 1 is 1.12 bits per heavy atom. The molecule has 0 amide bonds. The third kappa shape index (κ3) is 3.51. The molecule has 3 aromatic rings. The fourth-order valence-electron chi connectivity index (χ4n) is 2.50. The van der Waals surface area contributed by atoms with E-state index in [1.807, 2.05) is 12.1 Å². The smallest absolute Gasteiger partial charge is 0.335 e. The van der Waals surface area contributed by atoms with Gasteiger partial charge in [-0.2, -0.15) is 4.98 Å². The molecular weight excluding hydrogens is 304 g/mol. The molecule has 24 heavy (non-hydrogen) atoms. The van der Waals surface area contributed by atoms with Crippen molar-refractivity contribution in [2.45, 2.75) is 20.3 Å². The largest absolute Gasteiger partial charge is 0.478 e. The summed E-state index contributed by atoms with van der Waals surface area (Å²) in [5, 5.41) is 13.0. The summed E-state index contributed by atoms with van der Waals surface area (Å²) in [6.45, 7) is 4.37. The zero-order valence-electron chi connectivity index (χ0n) is 13.6. The van der Waals surface area contributed by atoms with Gasteiger partial charge >= 0.3 is 5.97 Å². The average molecular weight is 322 g/mol. The highest BCUT2D eigenvalue weighted by molar-refractivity contribution is 5.89. The summed E-state index contributed by atoms with van der Waals surface area (Å²) in [5.41, 5.74) is 2.91. The first kappa shape index (κ1) is 15.9. The normalized spacial score (nSPS) is 11.0. The minimum Gasteiger partial charge on any atom is -0.478 e. The molecule has 0 atom stereocenters. The van der Waals surface area contributed by atoms with Crippen LogP contribution in [0.4, 0.5) is 0 Å². The Kier molecular flexibility index (Phi) is 4.42. The van der Waals surface area contributed by atoms with E-state index in [1.165, 1.54) is 17.7 Å². The third-order valence-corrected chi connectivity index (χ3v) is 3.64.